The first-order chi connectivity index (χ1) is 11.7. The Balaban J connectivity index is 2.26. The van der Waals surface area contributed by atoms with Gasteiger partial charge in [0.2, 0.25) is 6.10 Å². The number of hydrogen-bond acceptors (Lipinski definition) is 5. The summed E-state index contributed by atoms with van der Waals surface area (Å²) in [6.07, 6.45) is 0.0138. The Kier molecular flexibility index (Phi) is 5.58. The fourth-order valence-electron chi connectivity index (χ4n) is 2.14. The molecule has 0 radical (unpaired) electrons. The van der Waals surface area contributed by atoms with Crippen LogP contribution in [0.3, 0.4) is 0 Å². The van der Waals surface area contributed by atoms with Crippen molar-refractivity contribution in [2.45, 2.75) is 11.0 Å². The summed E-state index contributed by atoms with van der Waals surface area (Å²) >= 11 is 0. The Morgan fingerprint density at radius 3 is 2.00 bits per heavy atom. The molecule has 25 heavy (non-hydrogen) atoms. The molecule has 0 spiro atoms. The van der Waals surface area contributed by atoms with Gasteiger partial charge in [-0.1, -0.05) is 30.3 Å². The number of esters is 1. The van der Waals surface area contributed by atoms with Crippen LogP contribution in [0.4, 0.5) is 0 Å². The molecule has 0 aliphatic carbocycles. The van der Waals surface area contributed by atoms with Crippen molar-refractivity contribution in [1.82, 2.24) is 4.90 Å². The highest BCUT2D eigenvalue weighted by Gasteiger charge is 2.27. The number of likely N-dealkylation sites (N-methyl/N-ethyl adjacent to an activating group) is 1. The Bertz CT molecular complexity index is 858. The lowest BCUT2D eigenvalue weighted by molar-refractivity contribution is -0.138. The van der Waals surface area contributed by atoms with E-state index >= 15 is 0 Å². The summed E-state index contributed by atoms with van der Waals surface area (Å²) in [6, 6.07) is 14.1. The summed E-state index contributed by atoms with van der Waals surface area (Å²) in [5.74, 6) is -1.07. The van der Waals surface area contributed by atoms with Gasteiger partial charge >= 0.3 is 5.97 Å². The summed E-state index contributed by atoms with van der Waals surface area (Å²) in [5, 5.41) is 0. The van der Waals surface area contributed by atoms with Crippen molar-refractivity contribution in [3.05, 3.63) is 65.7 Å². The third kappa shape index (κ3) is 4.67. The van der Waals surface area contributed by atoms with Crippen molar-refractivity contribution < 1.29 is 22.7 Å². The minimum absolute atomic E-state index is 0.105. The zero-order chi connectivity index (χ0) is 18.6. The highest BCUT2D eigenvalue weighted by Crippen LogP contribution is 2.21. The van der Waals surface area contributed by atoms with E-state index in [2.05, 4.69) is 0 Å². The lowest BCUT2D eigenvalue weighted by Crippen LogP contribution is -2.31. The minimum Gasteiger partial charge on any atom is -0.444 e. The van der Waals surface area contributed by atoms with Crippen LogP contribution >= 0.6 is 0 Å². The molecule has 0 bridgehead atoms. The van der Waals surface area contributed by atoms with Crippen LogP contribution in [0.15, 0.2) is 59.5 Å². The maximum Gasteiger partial charge on any atom is 0.339 e. The van der Waals surface area contributed by atoms with Crippen LogP contribution in [0.1, 0.15) is 22.0 Å². The zero-order valence-corrected chi connectivity index (χ0v) is 15.0. The molecule has 0 aromatic heterocycles. The number of sulfone groups is 1. The molecule has 0 heterocycles. The Morgan fingerprint density at radius 1 is 0.960 bits per heavy atom. The van der Waals surface area contributed by atoms with Gasteiger partial charge in [-0.3, -0.25) is 4.79 Å². The second-order valence-corrected chi connectivity index (χ2v) is 7.74. The zero-order valence-electron chi connectivity index (χ0n) is 14.2. The number of nitrogens with zero attached hydrogens (tertiary/aromatic N) is 1. The van der Waals surface area contributed by atoms with Gasteiger partial charge in [0, 0.05) is 25.9 Å². The van der Waals surface area contributed by atoms with Crippen LogP contribution in [0.25, 0.3) is 0 Å². The average Bonchev–Trinajstić information content (AvgIpc) is 2.59. The highest BCUT2D eigenvalue weighted by molar-refractivity contribution is 7.90. The molecule has 1 atom stereocenters. The quantitative estimate of drug-likeness (QED) is 0.762. The number of rotatable bonds is 5. The molecule has 2 aromatic carbocycles. The predicted octanol–water partition coefficient (Wildman–Crippen LogP) is 2.08. The van der Waals surface area contributed by atoms with Crippen molar-refractivity contribution in [2.75, 3.05) is 20.4 Å². The van der Waals surface area contributed by atoms with E-state index in [0.29, 0.717) is 5.56 Å². The number of ether oxygens (including phenoxy) is 1. The van der Waals surface area contributed by atoms with E-state index in [1.165, 1.54) is 29.2 Å². The molecule has 132 valence electrons. The van der Waals surface area contributed by atoms with E-state index in [1.54, 1.807) is 44.4 Å². The van der Waals surface area contributed by atoms with Gasteiger partial charge < -0.3 is 9.64 Å². The molecule has 0 saturated heterocycles. The monoisotopic (exact) mass is 361 g/mol. The maximum absolute atomic E-state index is 12.4. The molecule has 7 heteroatoms. The number of amides is 1. The lowest BCUT2D eigenvalue weighted by Gasteiger charge is -2.21. The van der Waals surface area contributed by atoms with Gasteiger partial charge in [0.15, 0.2) is 9.84 Å². The lowest BCUT2D eigenvalue weighted by atomic mass is 10.1. The van der Waals surface area contributed by atoms with E-state index < -0.39 is 21.9 Å². The first kappa shape index (κ1) is 18.7. The SMILES string of the molecule is CN(C)C(=O)C(OC(=O)c1ccc(S(C)(=O)=O)cc1)c1ccccc1. The highest BCUT2D eigenvalue weighted by atomic mass is 32.2. The van der Waals surface area contributed by atoms with Crippen molar-refractivity contribution in [3.8, 4) is 0 Å². The first-order valence-corrected chi connectivity index (χ1v) is 9.36. The molecule has 1 amide bonds. The minimum atomic E-state index is -3.35. The van der Waals surface area contributed by atoms with Crippen molar-refractivity contribution >= 4 is 21.7 Å². The van der Waals surface area contributed by atoms with Crippen LogP contribution in [0.5, 0.6) is 0 Å². The summed E-state index contributed by atoms with van der Waals surface area (Å²) in [5.41, 5.74) is 0.724. The Labute approximate surface area is 146 Å². The van der Waals surface area contributed by atoms with Gasteiger partial charge in [0.25, 0.3) is 5.91 Å². The fourth-order valence-corrected chi connectivity index (χ4v) is 2.77. The number of benzene rings is 2. The molecule has 2 aromatic rings. The van der Waals surface area contributed by atoms with Gasteiger partial charge in [-0.05, 0) is 24.3 Å². The van der Waals surface area contributed by atoms with E-state index in [9.17, 15) is 18.0 Å². The summed E-state index contributed by atoms with van der Waals surface area (Å²) < 4.78 is 28.3. The second kappa shape index (κ2) is 7.48. The normalized spacial score (nSPS) is 12.3. The molecule has 2 rings (SSSR count). The first-order valence-electron chi connectivity index (χ1n) is 7.47. The molecule has 0 aliphatic heterocycles. The smallest absolute Gasteiger partial charge is 0.339 e. The second-order valence-electron chi connectivity index (χ2n) is 5.73. The Hall–Kier alpha value is -2.67. The van der Waals surface area contributed by atoms with E-state index in [1.807, 2.05) is 0 Å². The van der Waals surface area contributed by atoms with Crippen LogP contribution in [0, 0.1) is 0 Å². The van der Waals surface area contributed by atoms with E-state index in [0.717, 1.165) is 6.26 Å². The average molecular weight is 361 g/mol. The van der Waals surface area contributed by atoms with Crippen molar-refractivity contribution in [1.29, 1.82) is 0 Å². The fraction of sp³-hybridized carbons (Fsp3) is 0.222. The predicted molar refractivity (Wildman–Crippen MR) is 92.8 cm³/mol. The molecular weight excluding hydrogens is 342 g/mol. The standard InChI is InChI=1S/C18H19NO5S/c1-19(2)17(20)16(13-7-5-4-6-8-13)24-18(21)14-9-11-15(12-10-14)25(3,22)23/h4-12,16H,1-3H3. The molecule has 0 N–H and O–H groups in total. The van der Waals surface area contributed by atoms with Gasteiger partial charge in [0.05, 0.1) is 10.5 Å². The summed E-state index contributed by atoms with van der Waals surface area (Å²) in [4.78, 5) is 26.2. The van der Waals surface area contributed by atoms with Gasteiger partial charge in [0.1, 0.15) is 0 Å². The summed E-state index contributed by atoms with van der Waals surface area (Å²) in [7, 11) is -0.196. The van der Waals surface area contributed by atoms with Crippen LogP contribution < -0.4 is 0 Å². The third-order valence-corrected chi connectivity index (χ3v) is 4.64. The van der Waals surface area contributed by atoms with Crippen LogP contribution in [0.2, 0.25) is 0 Å². The third-order valence-electron chi connectivity index (χ3n) is 3.51. The number of hydrogen-bond donors (Lipinski definition) is 0. The van der Waals surface area contributed by atoms with Crippen molar-refractivity contribution in [3.63, 3.8) is 0 Å². The molecule has 0 aliphatic rings. The van der Waals surface area contributed by atoms with Gasteiger partial charge in [-0.2, -0.15) is 0 Å². The number of carbonyl (C=O) groups is 2. The molecular formula is C18H19NO5S. The molecule has 6 nitrogen and oxygen atoms in total. The Morgan fingerprint density at radius 2 is 1.52 bits per heavy atom. The number of carbonyl (C=O) groups excluding carboxylic acids is 2. The van der Waals surface area contributed by atoms with E-state index in [4.69, 9.17) is 4.74 Å². The summed E-state index contributed by atoms with van der Waals surface area (Å²) in [6.45, 7) is 0. The van der Waals surface area contributed by atoms with Crippen LogP contribution in [-0.4, -0.2) is 45.5 Å². The molecule has 0 fully saturated rings. The molecule has 0 saturated carbocycles. The van der Waals surface area contributed by atoms with Gasteiger partial charge in [-0.25, -0.2) is 13.2 Å². The van der Waals surface area contributed by atoms with Gasteiger partial charge in [-0.15, -0.1) is 0 Å². The maximum atomic E-state index is 12.4. The van der Waals surface area contributed by atoms with Crippen LogP contribution in [-0.2, 0) is 19.4 Å². The molecule has 1 unspecified atom stereocenters. The largest absolute Gasteiger partial charge is 0.444 e. The van der Waals surface area contributed by atoms with Crippen molar-refractivity contribution in [2.24, 2.45) is 0 Å². The van der Waals surface area contributed by atoms with E-state index in [-0.39, 0.29) is 16.4 Å². The topological polar surface area (TPSA) is 80.8 Å².